The number of nitrogens with zero attached hydrogens (tertiary/aromatic N) is 2. The number of benzene rings is 2. The summed E-state index contributed by atoms with van der Waals surface area (Å²) in [5.74, 6) is -0.616. The number of hydrogen-bond donors (Lipinski definition) is 1. The van der Waals surface area contributed by atoms with Gasteiger partial charge in [-0.25, -0.2) is 0 Å². The fourth-order valence-corrected chi connectivity index (χ4v) is 4.84. The van der Waals surface area contributed by atoms with Crippen LogP contribution < -0.4 is 5.32 Å². The van der Waals surface area contributed by atoms with Crippen molar-refractivity contribution in [3.8, 4) is 6.07 Å². The predicted octanol–water partition coefficient (Wildman–Crippen LogP) is 4.55. The van der Waals surface area contributed by atoms with Crippen molar-refractivity contribution in [2.45, 2.75) is 12.5 Å². The Balaban J connectivity index is 1.85. The van der Waals surface area contributed by atoms with E-state index in [9.17, 15) is 10.1 Å². The van der Waals surface area contributed by atoms with Crippen LogP contribution >= 0.6 is 23.6 Å². The molecule has 128 valence electrons. The number of aromatic nitrogens is 1. The number of thiazole rings is 1. The molecule has 1 amide bonds. The SMILES string of the molecule is N#CC1C(=O)Nc2c(sc(=S)n2Cc2ccccc2)C1c1ccccc1. The summed E-state index contributed by atoms with van der Waals surface area (Å²) in [5.41, 5.74) is 2.07. The highest BCUT2D eigenvalue weighted by Gasteiger charge is 2.39. The van der Waals surface area contributed by atoms with E-state index in [1.54, 1.807) is 0 Å². The van der Waals surface area contributed by atoms with Gasteiger partial charge in [0, 0.05) is 5.92 Å². The van der Waals surface area contributed by atoms with Gasteiger partial charge in [0.1, 0.15) is 11.7 Å². The lowest BCUT2D eigenvalue weighted by Gasteiger charge is -2.27. The number of amides is 1. The van der Waals surface area contributed by atoms with Gasteiger partial charge in [-0.3, -0.25) is 4.79 Å². The molecule has 0 aliphatic carbocycles. The molecule has 0 spiro atoms. The van der Waals surface area contributed by atoms with E-state index in [4.69, 9.17) is 12.2 Å². The van der Waals surface area contributed by atoms with Crippen LogP contribution in [0.5, 0.6) is 0 Å². The van der Waals surface area contributed by atoms with Crippen LogP contribution in [0.1, 0.15) is 21.9 Å². The summed E-state index contributed by atoms with van der Waals surface area (Å²) in [6.45, 7) is 0.588. The lowest BCUT2D eigenvalue weighted by Crippen LogP contribution is -2.33. The van der Waals surface area contributed by atoms with Crippen molar-refractivity contribution in [3.63, 3.8) is 0 Å². The lowest BCUT2D eigenvalue weighted by molar-refractivity contribution is -0.119. The van der Waals surface area contributed by atoms with Gasteiger partial charge in [-0.2, -0.15) is 5.26 Å². The van der Waals surface area contributed by atoms with Gasteiger partial charge in [-0.15, -0.1) is 11.3 Å². The van der Waals surface area contributed by atoms with Crippen LogP contribution in [0.25, 0.3) is 0 Å². The number of anilines is 1. The first kappa shape index (κ1) is 16.7. The number of hydrogen-bond acceptors (Lipinski definition) is 4. The molecule has 4 rings (SSSR count). The smallest absolute Gasteiger partial charge is 0.243 e. The Morgan fingerprint density at radius 3 is 2.42 bits per heavy atom. The molecule has 1 aromatic heterocycles. The fraction of sp³-hybridized carbons (Fsp3) is 0.150. The van der Waals surface area contributed by atoms with Gasteiger partial charge in [-0.1, -0.05) is 60.7 Å². The second kappa shape index (κ2) is 6.87. The molecule has 2 aromatic carbocycles. The Morgan fingerprint density at radius 1 is 1.12 bits per heavy atom. The van der Waals surface area contributed by atoms with Gasteiger partial charge in [0.15, 0.2) is 3.95 Å². The number of carbonyl (C=O) groups excluding carboxylic acids is 1. The third-order valence-corrected chi connectivity index (χ3v) is 6.07. The van der Waals surface area contributed by atoms with Crippen molar-refractivity contribution in [1.29, 1.82) is 5.26 Å². The van der Waals surface area contributed by atoms with Crippen molar-refractivity contribution < 1.29 is 4.79 Å². The second-order valence-corrected chi connectivity index (χ2v) is 7.81. The monoisotopic (exact) mass is 377 g/mol. The highest BCUT2D eigenvalue weighted by molar-refractivity contribution is 7.73. The van der Waals surface area contributed by atoms with E-state index in [1.165, 1.54) is 11.3 Å². The Kier molecular flexibility index (Phi) is 4.41. The van der Waals surface area contributed by atoms with E-state index in [1.807, 2.05) is 65.2 Å². The first-order valence-corrected chi connectivity index (χ1v) is 9.44. The van der Waals surface area contributed by atoms with Gasteiger partial charge >= 0.3 is 0 Å². The predicted molar refractivity (Wildman–Crippen MR) is 105 cm³/mol. The van der Waals surface area contributed by atoms with Gasteiger partial charge in [0.25, 0.3) is 0 Å². The fourth-order valence-electron chi connectivity index (χ4n) is 3.31. The molecule has 0 radical (unpaired) electrons. The molecule has 1 aliphatic heterocycles. The molecule has 4 nitrogen and oxygen atoms in total. The Hall–Kier alpha value is -2.75. The largest absolute Gasteiger partial charge is 0.310 e. The molecule has 1 aliphatic rings. The molecule has 0 fully saturated rings. The number of fused-ring (bicyclic) bond motifs is 1. The van der Waals surface area contributed by atoms with Crippen molar-refractivity contribution in [1.82, 2.24) is 4.57 Å². The van der Waals surface area contributed by atoms with Crippen LogP contribution in [0.15, 0.2) is 60.7 Å². The van der Waals surface area contributed by atoms with Crippen LogP contribution in [0, 0.1) is 21.2 Å². The van der Waals surface area contributed by atoms with E-state index >= 15 is 0 Å². The van der Waals surface area contributed by atoms with E-state index in [-0.39, 0.29) is 11.8 Å². The standard InChI is InChI=1S/C20H15N3OS2/c21-11-15-16(14-9-5-2-6-10-14)17-18(22-19(15)24)23(20(25)26-17)12-13-7-3-1-4-8-13/h1-10,15-16H,12H2,(H,22,24). The number of nitrogens with one attached hydrogen (secondary N) is 1. The summed E-state index contributed by atoms with van der Waals surface area (Å²) < 4.78 is 2.64. The topological polar surface area (TPSA) is 57.8 Å². The Morgan fingerprint density at radius 2 is 1.77 bits per heavy atom. The minimum Gasteiger partial charge on any atom is -0.310 e. The first-order valence-electron chi connectivity index (χ1n) is 8.22. The Labute approximate surface area is 160 Å². The number of carbonyl (C=O) groups is 1. The van der Waals surface area contributed by atoms with Crippen molar-refractivity contribution in [2.24, 2.45) is 5.92 Å². The van der Waals surface area contributed by atoms with Crippen molar-refractivity contribution >= 4 is 35.3 Å². The summed E-state index contributed by atoms with van der Waals surface area (Å²) in [4.78, 5) is 13.6. The quantitative estimate of drug-likeness (QED) is 0.681. The highest BCUT2D eigenvalue weighted by atomic mass is 32.1. The Bertz CT molecular complexity index is 1050. The zero-order valence-electron chi connectivity index (χ0n) is 13.8. The first-order chi connectivity index (χ1) is 12.7. The molecule has 0 bridgehead atoms. The maximum absolute atomic E-state index is 12.6. The van der Waals surface area contributed by atoms with Gasteiger partial charge < -0.3 is 9.88 Å². The summed E-state index contributed by atoms with van der Waals surface area (Å²) in [6.07, 6.45) is 0. The zero-order chi connectivity index (χ0) is 18.1. The van der Waals surface area contributed by atoms with Crippen LogP contribution in [0.4, 0.5) is 5.82 Å². The van der Waals surface area contributed by atoms with E-state index in [0.717, 1.165) is 16.0 Å². The van der Waals surface area contributed by atoms with Gasteiger partial charge in [-0.05, 0) is 23.3 Å². The third kappa shape index (κ3) is 2.85. The maximum Gasteiger partial charge on any atom is 0.243 e. The molecule has 0 saturated heterocycles. The highest BCUT2D eigenvalue weighted by Crippen LogP contribution is 2.44. The normalized spacial score (nSPS) is 18.7. The van der Waals surface area contributed by atoms with Gasteiger partial charge in [0.2, 0.25) is 5.91 Å². The van der Waals surface area contributed by atoms with E-state index in [0.29, 0.717) is 16.3 Å². The molecule has 2 heterocycles. The summed E-state index contributed by atoms with van der Waals surface area (Å²) in [7, 11) is 0. The van der Waals surface area contributed by atoms with Crippen LogP contribution in [0.2, 0.25) is 0 Å². The molecular weight excluding hydrogens is 362 g/mol. The molecule has 6 heteroatoms. The third-order valence-electron chi connectivity index (χ3n) is 4.54. The van der Waals surface area contributed by atoms with Crippen molar-refractivity contribution in [3.05, 3.63) is 80.6 Å². The molecule has 26 heavy (non-hydrogen) atoms. The van der Waals surface area contributed by atoms with Crippen LogP contribution in [-0.4, -0.2) is 10.5 Å². The molecular formula is C20H15N3OS2. The number of nitriles is 1. The summed E-state index contributed by atoms with van der Waals surface area (Å²) >= 11 is 7.06. The molecule has 2 unspecified atom stereocenters. The minimum absolute atomic E-state index is 0.275. The van der Waals surface area contributed by atoms with Crippen molar-refractivity contribution in [2.75, 3.05) is 5.32 Å². The average molecular weight is 377 g/mol. The van der Waals surface area contributed by atoms with E-state index in [2.05, 4.69) is 11.4 Å². The molecule has 1 N–H and O–H groups in total. The minimum atomic E-state index is -0.761. The zero-order valence-corrected chi connectivity index (χ0v) is 15.4. The molecule has 0 saturated carbocycles. The molecule has 2 atom stereocenters. The lowest BCUT2D eigenvalue weighted by atomic mass is 9.83. The average Bonchev–Trinajstić information content (AvgIpc) is 2.97. The molecule has 3 aromatic rings. The van der Waals surface area contributed by atoms with Gasteiger partial charge in [0.05, 0.1) is 17.5 Å². The van der Waals surface area contributed by atoms with E-state index < -0.39 is 5.92 Å². The van der Waals surface area contributed by atoms with Crippen LogP contribution in [0.3, 0.4) is 0 Å². The number of rotatable bonds is 3. The van der Waals surface area contributed by atoms with Crippen LogP contribution in [-0.2, 0) is 11.3 Å². The maximum atomic E-state index is 12.6. The summed E-state index contributed by atoms with van der Waals surface area (Å²) in [6, 6.07) is 21.9. The second-order valence-electron chi connectivity index (χ2n) is 6.14. The summed E-state index contributed by atoms with van der Waals surface area (Å²) in [5, 5.41) is 12.5.